The lowest BCUT2D eigenvalue weighted by Gasteiger charge is -2.27. The Hall–Kier alpha value is -4.03. The summed E-state index contributed by atoms with van der Waals surface area (Å²) in [5, 5.41) is 4.91. The molecule has 9 nitrogen and oxygen atoms in total. The van der Waals surface area contributed by atoms with Gasteiger partial charge in [-0.1, -0.05) is 80.6 Å². The van der Waals surface area contributed by atoms with E-state index in [-0.39, 0.29) is 25.0 Å². The van der Waals surface area contributed by atoms with Crippen molar-refractivity contribution in [2.24, 2.45) is 5.92 Å². The minimum atomic E-state index is -3.84. The first kappa shape index (κ1) is 34.5. The number of hydrogen-bond donors (Lipinski definition) is 3. The topological polar surface area (TPSA) is 134 Å². The van der Waals surface area contributed by atoms with Crippen LogP contribution in [0, 0.1) is 5.92 Å². The average Bonchev–Trinajstić information content (AvgIpc) is 3.01. The Labute approximate surface area is 256 Å². The molecule has 236 valence electrons. The van der Waals surface area contributed by atoms with Crippen LogP contribution in [-0.4, -0.2) is 61.3 Å². The van der Waals surface area contributed by atoms with Gasteiger partial charge in [0, 0.05) is 24.7 Å². The van der Waals surface area contributed by atoms with Crippen LogP contribution in [0.25, 0.3) is 0 Å². The highest BCUT2D eigenvalue weighted by molar-refractivity contribution is 7.89. The summed E-state index contributed by atoms with van der Waals surface area (Å²) in [6.45, 7) is 2.62. The predicted molar refractivity (Wildman–Crippen MR) is 163 cm³/mol. The number of amides is 2. The summed E-state index contributed by atoms with van der Waals surface area (Å²) in [6, 6.07) is 19.4. The van der Waals surface area contributed by atoms with Gasteiger partial charge in [0.1, 0.15) is 6.04 Å². The smallest absolute Gasteiger partial charge is 0.307 e. The minimum Gasteiger partial charge on any atom is -0.344 e. The van der Waals surface area contributed by atoms with Gasteiger partial charge in [-0.25, -0.2) is 13.1 Å². The van der Waals surface area contributed by atoms with Crippen molar-refractivity contribution in [1.29, 1.82) is 0 Å². The van der Waals surface area contributed by atoms with E-state index in [9.17, 15) is 22.8 Å². The van der Waals surface area contributed by atoms with Crippen LogP contribution in [0.4, 0.5) is 8.78 Å². The second-order valence-corrected chi connectivity index (χ2v) is 12.7. The van der Waals surface area contributed by atoms with Crippen molar-refractivity contribution in [2.45, 2.75) is 57.5 Å². The summed E-state index contributed by atoms with van der Waals surface area (Å²) in [7, 11) is -3.84. The third kappa shape index (κ3) is 11.2. The monoisotopic (exact) mass is 628 g/mol. The van der Waals surface area contributed by atoms with Crippen molar-refractivity contribution in [1.82, 2.24) is 20.3 Å². The molecule has 3 N–H and O–H groups in total. The van der Waals surface area contributed by atoms with Gasteiger partial charge in [0.2, 0.25) is 27.6 Å². The summed E-state index contributed by atoms with van der Waals surface area (Å²) in [6.07, 6.45) is 0.739. The maximum absolute atomic E-state index is 15.2. The number of ketones is 1. The van der Waals surface area contributed by atoms with Crippen molar-refractivity contribution < 1.29 is 31.6 Å². The average molecular weight is 629 g/mol. The molecule has 0 spiro atoms. The van der Waals surface area contributed by atoms with Crippen molar-refractivity contribution in [3.63, 3.8) is 0 Å². The number of benzene rings is 2. The van der Waals surface area contributed by atoms with Gasteiger partial charge in [0.05, 0.1) is 18.3 Å². The number of nitrogens with one attached hydrogen (secondary N) is 3. The van der Waals surface area contributed by atoms with Crippen LogP contribution < -0.4 is 15.4 Å². The first-order valence-electron chi connectivity index (χ1n) is 14.3. The molecule has 0 aliphatic carbocycles. The first-order valence-corrected chi connectivity index (χ1v) is 16.0. The Kier molecular flexibility index (Phi) is 12.7. The molecule has 0 bridgehead atoms. The Bertz CT molecular complexity index is 1470. The van der Waals surface area contributed by atoms with E-state index in [1.165, 1.54) is 0 Å². The van der Waals surface area contributed by atoms with Gasteiger partial charge in [-0.05, 0) is 42.0 Å². The number of aromatic nitrogens is 1. The summed E-state index contributed by atoms with van der Waals surface area (Å²) in [5.41, 5.74) is 1.79. The molecule has 2 amide bonds. The molecule has 44 heavy (non-hydrogen) atoms. The van der Waals surface area contributed by atoms with Crippen molar-refractivity contribution >= 4 is 27.6 Å². The number of rotatable bonds is 17. The van der Waals surface area contributed by atoms with Gasteiger partial charge in [0.15, 0.2) is 0 Å². The molecular weight excluding hydrogens is 590 g/mol. The molecular formula is C32H38F2N4O5S. The fourth-order valence-corrected chi connectivity index (χ4v) is 5.41. The Morgan fingerprint density at radius 1 is 0.841 bits per heavy atom. The van der Waals surface area contributed by atoms with E-state index < -0.39 is 64.5 Å². The lowest BCUT2D eigenvalue weighted by molar-refractivity contribution is -0.148. The largest absolute Gasteiger partial charge is 0.344 e. The number of hydrogen-bond acceptors (Lipinski definition) is 6. The molecule has 1 aromatic heterocycles. The van der Waals surface area contributed by atoms with Crippen molar-refractivity contribution in [3.05, 3.63) is 102 Å². The fourth-order valence-electron chi connectivity index (χ4n) is 4.44. The standard InChI is InChI=1S/C32H38F2N4O5S/c1-23(2)29(38-28(39)22-36-44(42,43)20-17-26-15-9-10-19-35-26)31(41)37-27(21-25-13-7-4-8-14-25)30(40)32(33,34)18-16-24-11-5-3-6-12-24/h3-15,19,23,27,29,36H,16-18,20-22H2,1-2H3,(H,37,41)(H,38,39)/t27-,29-/m0/s1. The second-order valence-electron chi connectivity index (χ2n) is 10.8. The van der Waals surface area contributed by atoms with E-state index >= 15 is 8.78 Å². The Balaban J connectivity index is 1.66. The van der Waals surface area contributed by atoms with Crippen LogP contribution in [-0.2, 0) is 43.7 Å². The highest BCUT2D eigenvalue weighted by Gasteiger charge is 2.43. The van der Waals surface area contributed by atoms with Gasteiger partial charge < -0.3 is 10.6 Å². The zero-order chi connectivity index (χ0) is 32.2. The van der Waals surface area contributed by atoms with Gasteiger partial charge in [-0.15, -0.1) is 0 Å². The predicted octanol–water partition coefficient (Wildman–Crippen LogP) is 3.25. The molecule has 2 atom stereocenters. The molecule has 0 fully saturated rings. The van der Waals surface area contributed by atoms with Crippen molar-refractivity contribution in [2.75, 3.05) is 12.3 Å². The zero-order valence-electron chi connectivity index (χ0n) is 24.7. The molecule has 0 aliphatic rings. The van der Waals surface area contributed by atoms with E-state index in [0.717, 1.165) is 0 Å². The number of alkyl halides is 2. The molecule has 2 aromatic carbocycles. The summed E-state index contributed by atoms with van der Waals surface area (Å²) >= 11 is 0. The fraction of sp³-hybridized carbons (Fsp3) is 0.375. The van der Waals surface area contributed by atoms with Crippen LogP contribution in [0.3, 0.4) is 0 Å². The number of Topliss-reactive ketones (excluding diaryl/α,β-unsaturated/α-hetero) is 1. The first-order chi connectivity index (χ1) is 20.9. The molecule has 0 unspecified atom stereocenters. The molecule has 1 heterocycles. The van der Waals surface area contributed by atoms with Crippen LogP contribution >= 0.6 is 0 Å². The number of halogens is 2. The third-order valence-electron chi connectivity index (χ3n) is 6.92. The van der Waals surface area contributed by atoms with E-state index in [1.54, 1.807) is 98.9 Å². The summed E-state index contributed by atoms with van der Waals surface area (Å²) in [5.74, 6) is -7.59. The summed E-state index contributed by atoms with van der Waals surface area (Å²) < 4.78 is 57.4. The highest BCUT2D eigenvalue weighted by Crippen LogP contribution is 2.25. The third-order valence-corrected chi connectivity index (χ3v) is 8.24. The minimum absolute atomic E-state index is 0.0337. The number of sulfonamides is 1. The van der Waals surface area contributed by atoms with E-state index in [0.29, 0.717) is 16.8 Å². The van der Waals surface area contributed by atoms with Crippen LogP contribution in [0.2, 0.25) is 0 Å². The molecule has 0 saturated heterocycles. The highest BCUT2D eigenvalue weighted by atomic mass is 32.2. The van der Waals surface area contributed by atoms with E-state index in [4.69, 9.17) is 0 Å². The molecule has 3 aromatic rings. The SMILES string of the molecule is CC(C)[C@H](NC(=O)CNS(=O)(=O)CCc1ccccn1)C(=O)N[C@@H](Cc1ccccc1)C(=O)C(F)(F)CCc1ccccc1. The molecule has 3 rings (SSSR count). The van der Waals surface area contributed by atoms with Gasteiger partial charge in [-0.2, -0.15) is 8.78 Å². The van der Waals surface area contributed by atoms with Gasteiger partial charge in [0.25, 0.3) is 0 Å². The van der Waals surface area contributed by atoms with Crippen LogP contribution in [0.15, 0.2) is 85.1 Å². The number of aryl methyl sites for hydroxylation is 2. The van der Waals surface area contributed by atoms with Crippen LogP contribution in [0.1, 0.15) is 37.1 Å². The Morgan fingerprint density at radius 2 is 1.45 bits per heavy atom. The number of carbonyl (C=O) groups excluding carboxylic acids is 3. The van der Waals surface area contributed by atoms with Crippen LogP contribution in [0.5, 0.6) is 0 Å². The van der Waals surface area contributed by atoms with Gasteiger partial charge in [-0.3, -0.25) is 19.4 Å². The molecule has 0 saturated carbocycles. The molecule has 0 aliphatic heterocycles. The zero-order valence-corrected chi connectivity index (χ0v) is 25.5. The second kappa shape index (κ2) is 16.2. The number of nitrogens with zero attached hydrogens (tertiary/aromatic N) is 1. The van der Waals surface area contributed by atoms with E-state index in [1.807, 2.05) is 0 Å². The molecule has 12 heteroatoms. The quantitative estimate of drug-likeness (QED) is 0.210. The lowest BCUT2D eigenvalue weighted by atomic mass is 9.94. The number of carbonyl (C=O) groups is 3. The van der Waals surface area contributed by atoms with Gasteiger partial charge >= 0.3 is 5.92 Å². The maximum Gasteiger partial charge on any atom is 0.307 e. The lowest BCUT2D eigenvalue weighted by Crippen LogP contribution is -2.57. The van der Waals surface area contributed by atoms with Crippen molar-refractivity contribution in [3.8, 4) is 0 Å². The number of pyridine rings is 1. The maximum atomic E-state index is 15.2. The normalized spacial score (nSPS) is 13.2. The molecule has 0 radical (unpaired) electrons. The van der Waals surface area contributed by atoms with E-state index in [2.05, 4.69) is 20.3 Å². The Morgan fingerprint density at radius 3 is 2.05 bits per heavy atom. The summed E-state index contributed by atoms with van der Waals surface area (Å²) in [4.78, 5) is 43.2.